The van der Waals surface area contributed by atoms with Crippen molar-refractivity contribution in [3.05, 3.63) is 63.2 Å². The molecule has 3 rings (SSSR count). The van der Waals surface area contributed by atoms with Crippen LogP contribution >= 0.6 is 23.2 Å². The van der Waals surface area contributed by atoms with Gasteiger partial charge in [-0.3, -0.25) is 14.2 Å². The lowest BCUT2D eigenvalue weighted by Gasteiger charge is -2.10. The fraction of sp³-hybridized carbons (Fsp3) is 0.263. The van der Waals surface area contributed by atoms with E-state index in [1.807, 2.05) is 6.92 Å². The molecule has 1 aromatic carbocycles. The van der Waals surface area contributed by atoms with Crippen molar-refractivity contribution in [1.82, 2.24) is 19.6 Å². The molecule has 0 bridgehead atoms. The number of halogens is 2. The van der Waals surface area contributed by atoms with Crippen LogP contribution in [0.4, 0.5) is 5.69 Å². The van der Waals surface area contributed by atoms with Crippen LogP contribution in [0.1, 0.15) is 33.7 Å². The third kappa shape index (κ3) is 4.78. The predicted molar refractivity (Wildman–Crippen MR) is 110 cm³/mol. The van der Waals surface area contributed by atoms with Crippen LogP contribution in [-0.2, 0) is 17.9 Å². The Morgan fingerprint density at radius 3 is 2.52 bits per heavy atom. The SMILES string of the molecule is Cc1nn(Cc2c(Cl)cccc2Cl)c(C)c1NC(=O)CCn1cc(C(=O)O)cn1. The first kappa shape index (κ1) is 20.9. The van der Waals surface area contributed by atoms with Crippen LogP contribution in [0.15, 0.2) is 30.6 Å². The Labute approximate surface area is 177 Å². The number of carbonyl (C=O) groups is 2. The van der Waals surface area contributed by atoms with Gasteiger partial charge in [0.1, 0.15) is 0 Å². The summed E-state index contributed by atoms with van der Waals surface area (Å²) in [6, 6.07) is 5.31. The molecule has 1 amide bonds. The Hall–Kier alpha value is -2.84. The minimum absolute atomic E-state index is 0.0802. The van der Waals surface area contributed by atoms with E-state index in [9.17, 15) is 9.59 Å². The van der Waals surface area contributed by atoms with E-state index in [0.29, 0.717) is 28.0 Å². The summed E-state index contributed by atoms with van der Waals surface area (Å²) < 4.78 is 3.16. The molecule has 0 fully saturated rings. The molecule has 0 spiro atoms. The highest BCUT2D eigenvalue weighted by Crippen LogP contribution is 2.27. The van der Waals surface area contributed by atoms with Gasteiger partial charge in [0.05, 0.1) is 35.4 Å². The van der Waals surface area contributed by atoms with Crippen LogP contribution in [0.3, 0.4) is 0 Å². The number of carbonyl (C=O) groups excluding carboxylic acids is 1. The standard InChI is InChI=1S/C19H19Cl2N5O3/c1-11-18(23-17(27)6-7-25-9-13(8-22-25)19(28)29)12(2)26(24-11)10-14-15(20)4-3-5-16(14)21/h3-5,8-9H,6-7,10H2,1-2H3,(H,23,27)(H,28,29). The number of aromatic carboxylic acids is 1. The lowest BCUT2D eigenvalue weighted by molar-refractivity contribution is -0.116. The molecule has 8 nitrogen and oxygen atoms in total. The van der Waals surface area contributed by atoms with E-state index in [1.54, 1.807) is 29.8 Å². The first-order valence-electron chi connectivity index (χ1n) is 8.78. The van der Waals surface area contributed by atoms with Gasteiger partial charge in [-0.05, 0) is 26.0 Å². The lowest BCUT2D eigenvalue weighted by Crippen LogP contribution is -2.16. The summed E-state index contributed by atoms with van der Waals surface area (Å²) >= 11 is 12.5. The number of carboxylic acids is 1. The van der Waals surface area contributed by atoms with Crippen molar-refractivity contribution in [3.63, 3.8) is 0 Å². The highest BCUT2D eigenvalue weighted by atomic mass is 35.5. The highest BCUT2D eigenvalue weighted by Gasteiger charge is 2.16. The molecule has 0 aliphatic rings. The topological polar surface area (TPSA) is 102 Å². The first-order valence-corrected chi connectivity index (χ1v) is 9.54. The second-order valence-electron chi connectivity index (χ2n) is 6.50. The molecule has 0 unspecified atom stereocenters. The van der Waals surface area contributed by atoms with Crippen molar-refractivity contribution in [2.24, 2.45) is 0 Å². The van der Waals surface area contributed by atoms with E-state index in [4.69, 9.17) is 28.3 Å². The second kappa shape index (κ2) is 8.67. The molecule has 3 aromatic rings. The van der Waals surface area contributed by atoms with E-state index in [-0.39, 0.29) is 24.4 Å². The fourth-order valence-electron chi connectivity index (χ4n) is 2.88. The van der Waals surface area contributed by atoms with Crippen molar-refractivity contribution in [3.8, 4) is 0 Å². The zero-order valence-electron chi connectivity index (χ0n) is 15.8. The zero-order chi connectivity index (χ0) is 21.1. The maximum absolute atomic E-state index is 12.4. The number of aromatic nitrogens is 4. The third-order valence-corrected chi connectivity index (χ3v) is 5.17. The van der Waals surface area contributed by atoms with E-state index < -0.39 is 5.97 Å². The molecule has 2 aromatic heterocycles. The third-order valence-electron chi connectivity index (χ3n) is 4.46. The van der Waals surface area contributed by atoms with Gasteiger partial charge in [0, 0.05) is 34.8 Å². The van der Waals surface area contributed by atoms with Crippen molar-refractivity contribution >= 4 is 40.8 Å². The average Bonchev–Trinajstić information content (AvgIpc) is 3.24. The minimum Gasteiger partial charge on any atom is -0.478 e. The van der Waals surface area contributed by atoms with Crippen LogP contribution in [0, 0.1) is 13.8 Å². The van der Waals surface area contributed by atoms with Crippen LogP contribution in [0.2, 0.25) is 10.0 Å². The summed E-state index contributed by atoms with van der Waals surface area (Å²) in [5.41, 5.74) is 2.92. The van der Waals surface area contributed by atoms with Crippen LogP contribution in [0.25, 0.3) is 0 Å². The quantitative estimate of drug-likeness (QED) is 0.587. The molecule has 2 heterocycles. The van der Waals surface area contributed by atoms with Crippen molar-refractivity contribution < 1.29 is 14.7 Å². The molecule has 0 atom stereocenters. The van der Waals surface area contributed by atoms with Gasteiger partial charge in [0.2, 0.25) is 5.91 Å². The molecule has 0 aliphatic carbocycles. The fourth-order valence-corrected chi connectivity index (χ4v) is 3.40. The van der Waals surface area contributed by atoms with Gasteiger partial charge in [-0.15, -0.1) is 0 Å². The first-order chi connectivity index (χ1) is 13.8. The number of hydrogen-bond acceptors (Lipinski definition) is 4. The van der Waals surface area contributed by atoms with Crippen LogP contribution < -0.4 is 5.32 Å². The number of amides is 1. The van der Waals surface area contributed by atoms with Gasteiger partial charge in [-0.2, -0.15) is 10.2 Å². The van der Waals surface area contributed by atoms with Crippen LogP contribution in [-0.4, -0.2) is 36.5 Å². The van der Waals surface area contributed by atoms with Gasteiger partial charge in [-0.1, -0.05) is 29.3 Å². The number of nitrogens with zero attached hydrogens (tertiary/aromatic N) is 4. The second-order valence-corrected chi connectivity index (χ2v) is 7.31. The Morgan fingerprint density at radius 2 is 1.90 bits per heavy atom. The number of carboxylic acid groups (broad SMARTS) is 1. The molecule has 0 saturated carbocycles. The maximum atomic E-state index is 12.4. The molecule has 0 aliphatic heterocycles. The molecule has 10 heteroatoms. The molecular formula is C19H19Cl2N5O3. The zero-order valence-corrected chi connectivity index (χ0v) is 17.3. The van der Waals surface area contributed by atoms with Gasteiger partial charge < -0.3 is 10.4 Å². The van der Waals surface area contributed by atoms with Gasteiger partial charge in [-0.25, -0.2) is 4.79 Å². The predicted octanol–water partition coefficient (Wildman–Crippen LogP) is 3.78. The van der Waals surface area contributed by atoms with Gasteiger partial charge in [0.25, 0.3) is 0 Å². The molecule has 152 valence electrons. The maximum Gasteiger partial charge on any atom is 0.338 e. The minimum atomic E-state index is -1.06. The molecule has 29 heavy (non-hydrogen) atoms. The lowest BCUT2D eigenvalue weighted by atomic mass is 10.2. The van der Waals surface area contributed by atoms with Crippen molar-refractivity contribution in [2.75, 3.05) is 5.32 Å². The monoisotopic (exact) mass is 435 g/mol. The van der Waals surface area contributed by atoms with Crippen molar-refractivity contribution in [1.29, 1.82) is 0 Å². The Kier molecular flexibility index (Phi) is 6.24. The Morgan fingerprint density at radius 1 is 1.21 bits per heavy atom. The van der Waals surface area contributed by atoms with E-state index in [0.717, 1.165) is 11.3 Å². The number of aryl methyl sites for hydroxylation is 2. The largest absolute Gasteiger partial charge is 0.478 e. The number of nitrogens with one attached hydrogen (secondary N) is 1. The molecule has 0 saturated heterocycles. The van der Waals surface area contributed by atoms with Crippen molar-refractivity contribution in [2.45, 2.75) is 33.4 Å². The Balaban J connectivity index is 1.68. The van der Waals surface area contributed by atoms with Crippen LogP contribution in [0.5, 0.6) is 0 Å². The molecular weight excluding hydrogens is 417 g/mol. The summed E-state index contributed by atoms with van der Waals surface area (Å²) in [5.74, 6) is -1.28. The Bertz CT molecular complexity index is 1050. The summed E-state index contributed by atoms with van der Waals surface area (Å²) in [6.45, 7) is 4.31. The highest BCUT2D eigenvalue weighted by molar-refractivity contribution is 6.35. The summed E-state index contributed by atoms with van der Waals surface area (Å²) in [7, 11) is 0. The van der Waals surface area contributed by atoms with E-state index in [1.165, 1.54) is 17.1 Å². The van der Waals surface area contributed by atoms with Gasteiger partial charge in [0.15, 0.2) is 0 Å². The number of hydrogen-bond donors (Lipinski definition) is 2. The van der Waals surface area contributed by atoms with Gasteiger partial charge >= 0.3 is 5.97 Å². The summed E-state index contributed by atoms with van der Waals surface area (Å²) in [5, 5.41) is 21.3. The number of anilines is 1. The smallest absolute Gasteiger partial charge is 0.338 e. The summed E-state index contributed by atoms with van der Waals surface area (Å²) in [6.07, 6.45) is 2.77. The average molecular weight is 436 g/mol. The number of rotatable bonds is 7. The molecule has 0 radical (unpaired) electrons. The molecule has 2 N–H and O–H groups in total. The summed E-state index contributed by atoms with van der Waals surface area (Å²) in [4.78, 5) is 23.2. The van der Waals surface area contributed by atoms with E-state index >= 15 is 0 Å². The van der Waals surface area contributed by atoms with E-state index in [2.05, 4.69) is 15.5 Å². The number of benzene rings is 1. The normalized spacial score (nSPS) is 10.9.